The SMILES string of the molecule is C=CCCC1CC([Si](c2ccccc2)(c2ccccc2)C2C3CCCCC3C3CCCCC32)C2CCCCC12. The molecule has 0 spiro atoms. The number of hydrogen-bond acceptors (Lipinski definition) is 0. The highest BCUT2D eigenvalue weighted by molar-refractivity contribution is 7.04. The van der Waals surface area contributed by atoms with Gasteiger partial charge in [-0.15, -0.1) is 6.58 Å². The second kappa shape index (κ2) is 11.3. The molecule has 5 aliphatic rings. The van der Waals surface area contributed by atoms with E-state index in [9.17, 15) is 0 Å². The third kappa shape index (κ3) is 4.36. The number of hydrogen-bond donors (Lipinski definition) is 0. The van der Waals surface area contributed by atoms with Crippen molar-refractivity contribution in [1.29, 1.82) is 0 Å². The van der Waals surface area contributed by atoms with Crippen LogP contribution >= 0.6 is 0 Å². The molecular weight excluding hydrogens is 485 g/mol. The highest BCUT2D eigenvalue weighted by atomic mass is 28.3. The molecule has 0 nitrogen and oxygen atoms in total. The standard InChI is InChI=1S/C38H52Si/c1-2-3-16-28-27-37(34-24-13-10-21-31(28)34)39(29-17-6-4-7-18-29,30-19-8-5-9-20-30)38-35-25-14-11-22-32(35)33-23-12-15-26-36(33)38/h2,4-9,17-20,28,31-38H,1,3,10-16,21-27H2. The van der Waals surface area contributed by atoms with Crippen LogP contribution in [-0.4, -0.2) is 8.07 Å². The Hall–Kier alpha value is -1.60. The molecule has 8 atom stereocenters. The van der Waals surface area contributed by atoms with Gasteiger partial charge in [0.2, 0.25) is 0 Å². The minimum Gasteiger partial charge on any atom is -0.103 e. The fourth-order valence-corrected chi connectivity index (χ4v) is 20.0. The predicted molar refractivity (Wildman–Crippen MR) is 169 cm³/mol. The highest BCUT2D eigenvalue weighted by Gasteiger charge is 2.65. The quantitative estimate of drug-likeness (QED) is 0.244. The van der Waals surface area contributed by atoms with Crippen molar-refractivity contribution < 1.29 is 0 Å². The van der Waals surface area contributed by atoms with Gasteiger partial charge >= 0.3 is 0 Å². The summed E-state index contributed by atoms with van der Waals surface area (Å²) in [5.74, 6) is 6.84. The first-order valence-corrected chi connectivity index (χ1v) is 19.2. The van der Waals surface area contributed by atoms with Gasteiger partial charge in [-0.05, 0) is 91.0 Å². The van der Waals surface area contributed by atoms with Crippen molar-refractivity contribution >= 4 is 18.4 Å². The fourth-order valence-electron chi connectivity index (χ4n) is 12.1. The van der Waals surface area contributed by atoms with Gasteiger partial charge in [0.15, 0.2) is 0 Å². The lowest BCUT2D eigenvalue weighted by atomic mass is 9.73. The van der Waals surface area contributed by atoms with E-state index in [-0.39, 0.29) is 0 Å². The Morgan fingerprint density at radius 2 is 1.05 bits per heavy atom. The zero-order chi connectivity index (χ0) is 26.2. The Bertz CT molecular complexity index is 1030. The maximum Gasteiger partial charge on any atom is 0.124 e. The van der Waals surface area contributed by atoms with Gasteiger partial charge in [-0.25, -0.2) is 0 Å². The summed E-state index contributed by atoms with van der Waals surface area (Å²) in [5, 5.41) is 3.63. The molecule has 2 aromatic rings. The molecule has 0 radical (unpaired) electrons. The number of rotatable bonds is 7. The molecule has 1 heteroatoms. The van der Waals surface area contributed by atoms with Crippen molar-refractivity contribution in [3.63, 3.8) is 0 Å². The van der Waals surface area contributed by atoms with Crippen LogP contribution in [0, 0.1) is 41.4 Å². The summed E-state index contributed by atoms with van der Waals surface area (Å²) in [4.78, 5) is 0. The summed E-state index contributed by atoms with van der Waals surface area (Å²) in [6.45, 7) is 4.15. The minimum absolute atomic E-state index is 0.913. The van der Waals surface area contributed by atoms with Crippen LogP contribution in [0.2, 0.25) is 11.1 Å². The summed E-state index contributed by atoms with van der Waals surface area (Å²) >= 11 is 0. The molecule has 0 N–H and O–H groups in total. The van der Waals surface area contributed by atoms with E-state index in [1.54, 1.807) is 0 Å². The van der Waals surface area contributed by atoms with Crippen LogP contribution in [0.15, 0.2) is 73.3 Å². The first kappa shape index (κ1) is 26.3. The van der Waals surface area contributed by atoms with E-state index in [0.717, 1.165) is 52.5 Å². The second-order valence-electron chi connectivity index (χ2n) is 14.4. The van der Waals surface area contributed by atoms with Gasteiger partial charge in [0.25, 0.3) is 0 Å². The lowest BCUT2D eigenvalue weighted by molar-refractivity contribution is 0.184. The van der Waals surface area contributed by atoms with Gasteiger partial charge in [-0.2, -0.15) is 0 Å². The van der Waals surface area contributed by atoms with Crippen molar-refractivity contribution in [1.82, 2.24) is 0 Å². The van der Waals surface area contributed by atoms with Crippen LogP contribution in [0.4, 0.5) is 0 Å². The van der Waals surface area contributed by atoms with Gasteiger partial charge < -0.3 is 0 Å². The van der Waals surface area contributed by atoms with Crippen LogP contribution in [0.1, 0.15) is 96.3 Å². The maximum atomic E-state index is 4.15. The lowest BCUT2D eigenvalue weighted by Crippen LogP contribution is -2.67. The summed E-state index contributed by atoms with van der Waals surface area (Å²) in [6.07, 6.45) is 24.4. The lowest BCUT2D eigenvalue weighted by Gasteiger charge is -2.51. The van der Waals surface area contributed by atoms with E-state index in [1.165, 1.54) is 96.3 Å². The third-order valence-electron chi connectivity index (χ3n) is 13.1. The maximum absolute atomic E-state index is 4.15. The van der Waals surface area contributed by atoms with E-state index >= 15 is 0 Å². The van der Waals surface area contributed by atoms with Crippen molar-refractivity contribution in [2.24, 2.45) is 41.4 Å². The average molecular weight is 537 g/mol. The van der Waals surface area contributed by atoms with E-state index < -0.39 is 8.07 Å². The molecular formula is C38H52Si. The molecule has 5 fully saturated rings. The Morgan fingerprint density at radius 3 is 1.56 bits per heavy atom. The number of allylic oxidation sites excluding steroid dienone is 1. The summed E-state index contributed by atoms with van der Waals surface area (Å²) in [7, 11) is -2.11. The molecule has 7 rings (SSSR count). The second-order valence-corrected chi connectivity index (χ2v) is 18.7. The van der Waals surface area contributed by atoms with Crippen molar-refractivity contribution in [3.8, 4) is 0 Å². The molecule has 0 aliphatic heterocycles. The number of fused-ring (bicyclic) bond motifs is 4. The van der Waals surface area contributed by atoms with Crippen LogP contribution in [0.3, 0.4) is 0 Å². The summed E-state index contributed by atoms with van der Waals surface area (Å²) < 4.78 is 0. The monoisotopic (exact) mass is 536 g/mol. The molecule has 39 heavy (non-hydrogen) atoms. The summed E-state index contributed by atoms with van der Waals surface area (Å²) in [6, 6.07) is 24.8. The van der Waals surface area contributed by atoms with Gasteiger partial charge in [-0.3, -0.25) is 0 Å². The van der Waals surface area contributed by atoms with Gasteiger partial charge in [0.1, 0.15) is 8.07 Å². The molecule has 0 amide bonds. The van der Waals surface area contributed by atoms with E-state index in [1.807, 2.05) is 10.4 Å². The normalized spacial score (nSPS) is 38.0. The highest BCUT2D eigenvalue weighted by Crippen LogP contribution is 2.67. The Balaban J connectivity index is 1.45. The zero-order valence-corrected chi connectivity index (χ0v) is 25.4. The van der Waals surface area contributed by atoms with Crippen molar-refractivity contribution in [2.75, 3.05) is 0 Å². The zero-order valence-electron chi connectivity index (χ0n) is 24.4. The third-order valence-corrected chi connectivity index (χ3v) is 19.5. The van der Waals surface area contributed by atoms with E-state index in [4.69, 9.17) is 0 Å². The van der Waals surface area contributed by atoms with Crippen molar-refractivity contribution in [3.05, 3.63) is 73.3 Å². The van der Waals surface area contributed by atoms with Crippen LogP contribution in [0.25, 0.3) is 0 Å². The molecule has 2 aromatic carbocycles. The largest absolute Gasteiger partial charge is 0.124 e. The molecule has 0 aromatic heterocycles. The molecule has 208 valence electrons. The van der Waals surface area contributed by atoms with E-state index in [2.05, 4.69) is 73.3 Å². The molecule has 0 saturated heterocycles. The molecule has 8 unspecified atom stereocenters. The first-order chi connectivity index (χ1) is 19.3. The Labute approximate surface area is 240 Å². The molecule has 5 aliphatic carbocycles. The van der Waals surface area contributed by atoms with E-state index in [0.29, 0.717) is 0 Å². The smallest absolute Gasteiger partial charge is 0.103 e. The van der Waals surface area contributed by atoms with Gasteiger partial charge in [0, 0.05) is 0 Å². The molecule has 5 saturated carbocycles. The van der Waals surface area contributed by atoms with Gasteiger partial charge in [-0.1, -0.05) is 135 Å². The predicted octanol–water partition coefficient (Wildman–Crippen LogP) is 9.41. The summed E-state index contributed by atoms with van der Waals surface area (Å²) in [5.41, 5.74) is 1.86. The minimum atomic E-state index is -2.11. The van der Waals surface area contributed by atoms with Crippen molar-refractivity contribution in [2.45, 2.75) is 107 Å². The Kier molecular flexibility index (Phi) is 7.65. The van der Waals surface area contributed by atoms with Gasteiger partial charge in [0.05, 0.1) is 0 Å². The topological polar surface area (TPSA) is 0 Å². The molecule has 0 bridgehead atoms. The van der Waals surface area contributed by atoms with Crippen LogP contribution in [-0.2, 0) is 0 Å². The van der Waals surface area contributed by atoms with Crippen LogP contribution < -0.4 is 10.4 Å². The fraction of sp³-hybridized carbons (Fsp3) is 0.632. The average Bonchev–Trinajstić information content (AvgIpc) is 3.55. The van der Waals surface area contributed by atoms with Crippen LogP contribution in [0.5, 0.6) is 0 Å². The first-order valence-electron chi connectivity index (χ1n) is 17.1. The molecule has 0 heterocycles. The number of benzene rings is 2. The Morgan fingerprint density at radius 1 is 0.590 bits per heavy atom.